The maximum absolute atomic E-state index is 13.9. The van der Waals surface area contributed by atoms with E-state index < -0.39 is 0 Å². The van der Waals surface area contributed by atoms with E-state index in [0.29, 0.717) is 17.6 Å². The third-order valence-corrected chi connectivity index (χ3v) is 5.05. The molecule has 2 unspecified atom stereocenters. The summed E-state index contributed by atoms with van der Waals surface area (Å²) in [6, 6.07) is 4.55. The number of aryl methyl sites for hydroxylation is 1. The lowest BCUT2D eigenvalue weighted by Crippen LogP contribution is -2.55. The predicted molar refractivity (Wildman–Crippen MR) is 85.1 cm³/mol. The van der Waals surface area contributed by atoms with Crippen molar-refractivity contribution in [2.45, 2.75) is 51.7 Å². The molecular weight excluding hydrogens is 265 g/mol. The van der Waals surface area contributed by atoms with E-state index in [1.165, 1.54) is 19.4 Å². The molecule has 2 aliphatic heterocycles. The van der Waals surface area contributed by atoms with Crippen molar-refractivity contribution in [3.8, 4) is 0 Å². The number of hydrogen-bond acceptors (Lipinski definition) is 3. The SMILES string of the molecule is Cc1cc(N2CC3CCCN3CC2C)c([C@H](C)N)cc1F. The molecule has 2 fully saturated rings. The Kier molecular flexibility index (Phi) is 3.93. The molecule has 2 aliphatic rings. The number of nitrogens with two attached hydrogens (primary N) is 1. The van der Waals surface area contributed by atoms with Gasteiger partial charge in [-0.1, -0.05) is 0 Å². The number of fused-ring (bicyclic) bond motifs is 1. The quantitative estimate of drug-likeness (QED) is 0.909. The minimum absolute atomic E-state index is 0.149. The average molecular weight is 291 g/mol. The number of benzene rings is 1. The van der Waals surface area contributed by atoms with Crippen LogP contribution in [0.15, 0.2) is 12.1 Å². The van der Waals surface area contributed by atoms with Crippen molar-refractivity contribution in [2.75, 3.05) is 24.5 Å². The van der Waals surface area contributed by atoms with Gasteiger partial charge in [-0.2, -0.15) is 0 Å². The van der Waals surface area contributed by atoms with Gasteiger partial charge in [-0.05, 0) is 63.4 Å². The molecule has 1 aromatic carbocycles. The van der Waals surface area contributed by atoms with Gasteiger partial charge in [-0.3, -0.25) is 4.90 Å². The Morgan fingerprint density at radius 3 is 2.81 bits per heavy atom. The highest BCUT2D eigenvalue weighted by Crippen LogP contribution is 2.34. The molecule has 4 heteroatoms. The van der Waals surface area contributed by atoms with Crippen LogP contribution in [0.3, 0.4) is 0 Å². The second-order valence-electron chi connectivity index (χ2n) is 6.74. The summed E-state index contributed by atoms with van der Waals surface area (Å²) in [6.07, 6.45) is 2.57. The van der Waals surface area contributed by atoms with Gasteiger partial charge in [0.2, 0.25) is 0 Å². The van der Waals surface area contributed by atoms with E-state index >= 15 is 0 Å². The van der Waals surface area contributed by atoms with Crippen LogP contribution in [0, 0.1) is 12.7 Å². The molecule has 0 saturated carbocycles. The number of halogens is 1. The first kappa shape index (κ1) is 14.8. The second-order valence-corrected chi connectivity index (χ2v) is 6.74. The highest BCUT2D eigenvalue weighted by molar-refractivity contribution is 5.58. The van der Waals surface area contributed by atoms with Crippen molar-refractivity contribution in [1.29, 1.82) is 0 Å². The van der Waals surface area contributed by atoms with E-state index in [9.17, 15) is 4.39 Å². The normalized spacial score (nSPS) is 27.8. The number of rotatable bonds is 2. The van der Waals surface area contributed by atoms with E-state index in [-0.39, 0.29) is 11.9 Å². The lowest BCUT2D eigenvalue weighted by atomic mass is 9.99. The molecule has 1 aromatic rings. The molecule has 0 spiro atoms. The van der Waals surface area contributed by atoms with Crippen molar-refractivity contribution in [3.63, 3.8) is 0 Å². The number of hydrogen-bond donors (Lipinski definition) is 1. The monoisotopic (exact) mass is 291 g/mol. The molecule has 0 aromatic heterocycles. The summed E-state index contributed by atoms with van der Waals surface area (Å²) >= 11 is 0. The Morgan fingerprint density at radius 1 is 1.33 bits per heavy atom. The van der Waals surface area contributed by atoms with E-state index in [4.69, 9.17) is 5.73 Å². The van der Waals surface area contributed by atoms with Crippen molar-refractivity contribution in [2.24, 2.45) is 5.73 Å². The van der Waals surface area contributed by atoms with Crippen LogP contribution in [0.1, 0.15) is 43.9 Å². The largest absolute Gasteiger partial charge is 0.366 e. The van der Waals surface area contributed by atoms with Gasteiger partial charge < -0.3 is 10.6 Å². The maximum atomic E-state index is 13.9. The Hall–Kier alpha value is -1.13. The standard InChI is InChI=1S/C17H26FN3/c1-11-7-17(15(13(3)19)8-16(11)18)21-10-14-5-4-6-20(14)9-12(21)2/h7-8,12-14H,4-6,9-10,19H2,1-3H3/t12?,13-,14?/m0/s1. The summed E-state index contributed by atoms with van der Waals surface area (Å²) in [6.45, 7) is 9.39. The van der Waals surface area contributed by atoms with Gasteiger partial charge in [0.1, 0.15) is 5.82 Å². The zero-order valence-electron chi connectivity index (χ0n) is 13.3. The van der Waals surface area contributed by atoms with Gasteiger partial charge in [-0.15, -0.1) is 0 Å². The van der Waals surface area contributed by atoms with Gasteiger partial charge in [-0.25, -0.2) is 4.39 Å². The third-order valence-electron chi connectivity index (χ3n) is 5.05. The molecule has 21 heavy (non-hydrogen) atoms. The first-order valence-corrected chi connectivity index (χ1v) is 8.03. The molecule has 3 rings (SSSR count). The summed E-state index contributed by atoms with van der Waals surface area (Å²) < 4.78 is 13.9. The van der Waals surface area contributed by atoms with Crippen LogP contribution in [0.25, 0.3) is 0 Å². The zero-order chi connectivity index (χ0) is 15.1. The predicted octanol–water partition coefficient (Wildman–Crippen LogP) is 2.83. The van der Waals surface area contributed by atoms with E-state index in [2.05, 4.69) is 16.7 Å². The van der Waals surface area contributed by atoms with E-state index in [0.717, 1.165) is 24.3 Å². The van der Waals surface area contributed by atoms with Gasteiger partial charge in [0, 0.05) is 36.9 Å². The van der Waals surface area contributed by atoms with Crippen LogP contribution in [-0.2, 0) is 0 Å². The van der Waals surface area contributed by atoms with Crippen LogP contribution >= 0.6 is 0 Å². The summed E-state index contributed by atoms with van der Waals surface area (Å²) in [7, 11) is 0. The number of piperazine rings is 1. The van der Waals surface area contributed by atoms with Gasteiger partial charge in [0.25, 0.3) is 0 Å². The van der Waals surface area contributed by atoms with E-state index in [1.807, 2.05) is 19.9 Å². The first-order valence-electron chi connectivity index (χ1n) is 8.03. The molecular formula is C17H26FN3. The maximum Gasteiger partial charge on any atom is 0.126 e. The van der Waals surface area contributed by atoms with Crippen LogP contribution in [0.2, 0.25) is 0 Å². The highest BCUT2D eigenvalue weighted by atomic mass is 19.1. The molecule has 3 atom stereocenters. The fourth-order valence-corrected chi connectivity index (χ4v) is 3.82. The second kappa shape index (κ2) is 5.58. The van der Waals surface area contributed by atoms with Crippen LogP contribution in [0.4, 0.5) is 10.1 Å². The minimum atomic E-state index is -0.154. The molecule has 0 amide bonds. The number of nitrogens with zero attached hydrogens (tertiary/aromatic N) is 2. The molecule has 0 radical (unpaired) electrons. The molecule has 0 aliphatic carbocycles. The van der Waals surface area contributed by atoms with Gasteiger partial charge >= 0.3 is 0 Å². The van der Waals surface area contributed by atoms with Crippen LogP contribution in [0.5, 0.6) is 0 Å². The van der Waals surface area contributed by atoms with Gasteiger partial charge in [0.05, 0.1) is 0 Å². The Balaban J connectivity index is 1.97. The topological polar surface area (TPSA) is 32.5 Å². The lowest BCUT2D eigenvalue weighted by molar-refractivity contribution is 0.202. The summed E-state index contributed by atoms with van der Waals surface area (Å²) in [5, 5.41) is 0. The molecule has 2 heterocycles. The molecule has 2 saturated heterocycles. The fraction of sp³-hybridized carbons (Fsp3) is 0.647. The van der Waals surface area contributed by atoms with E-state index in [1.54, 1.807) is 6.07 Å². The van der Waals surface area contributed by atoms with Crippen molar-refractivity contribution in [3.05, 3.63) is 29.1 Å². The van der Waals surface area contributed by atoms with Crippen molar-refractivity contribution >= 4 is 5.69 Å². The summed E-state index contributed by atoms with van der Waals surface area (Å²) in [5.41, 5.74) is 8.85. The van der Waals surface area contributed by atoms with Crippen molar-refractivity contribution < 1.29 is 4.39 Å². The summed E-state index contributed by atoms with van der Waals surface area (Å²) in [5.74, 6) is -0.154. The average Bonchev–Trinajstić information content (AvgIpc) is 2.87. The third kappa shape index (κ3) is 2.67. The zero-order valence-corrected chi connectivity index (χ0v) is 13.3. The molecule has 116 valence electrons. The Labute approximate surface area is 126 Å². The van der Waals surface area contributed by atoms with Crippen LogP contribution in [-0.4, -0.2) is 36.6 Å². The van der Waals surface area contributed by atoms with Gasteiger partial charge in [0.15, 0.2) is 0 Å². The molecule has 3 nitrogen and oxygen atoms in total. The lowest BCUT2D eigenvalue weighted by Gasteiger charge is -2.44. The van der Waals surface area contributed by atoms with Crippen molar-refractivity contribution in [1.82, 2.24) is 4.90 Å². The smallest absolute Gasteiger partial charge is 0.126 e. The first-order chi connectivity index (χ1) is 9.97. The Bertz CT molecular complexity index is 529. The molecule has 2 N–H and O–H groups in total. The highest BCUT2D eigenvalue weighted by Gasteiger charge is 2.35. The molecule has 0 bridgehead atoms. The van der Waals surface area contributed by atoms with Crippen LogP contribution < -0.4 is 10.6 Å². The fourth-order valence-electron chi connectivity index (χ4n) is 3.82. The number of anilines is 1. The minimum Gasteiger partial charge on any atom is -0.366 e. The Morgan fingerprint density at radius 2 is 2.10 bits per heavy atom. The summed E-state index contributed by atoms with van der Waals surface area (Å²) in [4.78, 5) is 5.04.